The van der Waals surface area contributed by atoms with Crippen LogP contribution in [0.1, 0.15) is 11.3 Å². The molecule has 2 heterocycles. The number of hydrogen-bond acceptors (Lipinski definition) is 4. The lowest BCUT2D eigenvalue weighted by Crippen LogP contribution is -2.11. The molecule has 2 N–H and O–H groups in total. The summed E-state index contributed by atoms with van der Waals surface area (Å²) in [6.45, 7) is 1.36. The van der Waals surface area contributed by atoms with Crippen LogP contribution in [0.3, 0.4) is 0 Å². The molecule has 4 aromatic rings. The van der Waals surface area contributed by atoms with Crippen LogP contribution in [0.5, 0.6) is 5.75 Å². The normalized spacial score (nSPS) is 10.7. The van der Waals surface area contributed by atoms with Crippen LogP contribution in [0.2, 0.25) is 0 Å². The monoisotopic (exact) mass is 447 g/mol. The maximum absolute atomic E-state index is 5.44. The first-order valence-corrected chi connectivity index (χ1v) is 9.08. The number of H-pyrrole nitrogens is 1. The van der Waals surface area contributed by atoms with Crippen LogP contribution in [0, 0.1) is 0 Å². The highest BCUT2D eigenvalue weighted by molar-refractivity contribution is 9.10. The van der Waals surface area contributed by atoms with Gasteiger partial charge in [0.25, 0.3) is 0 Å². The molecule has 7 heteroatoms. The van der Waals surface area contributed by atoms with Crippen molar-refractivity contribution in [2.45, 2.75) is 13.1 Å². The summed E-state index contributed by atoms with van der Waals surface area (Å²) in [5.74, 6) is 1.63. The fraction of sp³-hybridized carbons (Fsp3) is 0.150. The molecule has 2 aromatic heterocycles. The van der Waals surface area contributed by atoms with Gasteiger partial charge in [-0.3, -0.25) is 0 Å². The van der Waals surface area contributed by atoms with Crippen LogP contribution in [0.4, 0.5) is 0 Å². The molecular weight excluding hydrogens is 430 g/mol. The molecule has 0 atom stereocenters. The van der Waals surface area contributed by atoms with Gasteiger partial charge in [-0.25, -0.2) is 0 Å². The molecule has 4 rings (SSSR count). The Kier molecular flexibility index (Phi) is 6.21. The van der Waals surface area contributed by atoms with Gasteiger partial charge in [-0.1, -0.05) is 21.1 Å². The van der Waals surface area contributed by atoms with Crippen LogP contribution in [0.15, 0.2) is 63.7 Å². The molecule has 0 spiro atoms. The van der Waals surface area contributed by atoms with Crippen molar-refractivity contribution in [3.63, 3.8) is 0 Å². The van der Waals surface area contributed by atoms with Crippen molar-refractivity contribution in [3.05, 3.63) is 70.5 Å². The number of benzene rings is 2. The summed E-state index contributed by atoms with van der Waals surface area (Å²) in [6, 6.07) is 16.0. The third kappa shape index (κ3) is 4.35. The lowest BCUT2D eigenvalue weighted by atomic mass is 10.1. The van der Waals surface area contributed by atoms with Gasteiger partial charge in [0, 0.05) is 39.7 Å². The zero-order valence-corrected chi connectivity index (χ0v) is 17.1. The van der Waals surface area contributed by atoms with Crippen LogP contribution < -0.4 is 10.1 Å². The lowest BCUT2D eigenvalue weighted by Gasteiger charge is -2.01. The van der Waals surface area contributed by atoms with Gasteiger partial charge in [0.1, 0.15) is 11.4 Å². The number of ether oxygens (including phenoxy) is 1. The highest BCUT2D eigenvalue weighted by Crippen LogP contribution is 2.24. The van der Waals surface area contributed by atoms with E-state index in [1.807, 2.05) is 42.6 Å². The van der Waals surface area contributed by atoms with Crippen molar-refractivity contribution in [1.82, 2.24) is 15.5 Å². The van der Waals surface area contributed by atoms with E-state index in [4.69, 9.17) is 9.26 Å². The smallest absolute Gasteiger partial charge is 0.151 e. The standard InChI is InChI=1S/C20H18BrN3O2.ClH/c1-25-16-5-2-13(3-6-16)20-9-17(26-24-20)12-22-10-14-11-23-19-7-4-15(21)8-18(14)19;/h2-9,11,22-23H,10,12H2,1H3;1H. The van der Waals surface area contributed by atoms with Crippen LogP contribution in [-0.4, -0.2) is 17.3 Å². The third-order valence-electron chi connectivity index (χ3n) is 4.29. The first kappa shape index (κ1) is 19.5. The predicted octanol–water partition coefficient (Wildman–Crippen LogP) is 5.31. The molecule has 0 aliphatic heterocycles. The van der Waals surface area contributed by atoms with Crippen molar-refractivity contribution < 1.29 is 9.26 Å². The molecule has 0 radical (unpaired) electrons. The molecule has 27 heavy (non-hydrogen) atoms. The van der Waals surface area contributed by atoms with Crippen molar-refractivity contribution in [3.8, 4) is 17.0 Å². The number of nitrogens with one attached hydrogen (secondary N) is 2. The maximum atomic E-state index is 5.44. The first-order chi connectivity index (χ1) is 12.7. The molecule has 0 bridgehead atoms. The first-order valence-electron chi connectivity index (χ1n) is 8.29. The Morgan fingerprint density at radius 3 is 2.70 bits per heavy atom. The molecule has 0 unspecified atom stereocenters. The number of aromatic amines is 1. The van der Waals surface area contributed by atoms with E-state index in [0.29, 0.717) is 6.54 Å². The second-order valence-electron chi connectivity index (χ2n) is 6.01. The van der Waals surface area contributed by atoms with Gasteiger partial charge in [0.2, 0.25) is 0 Å². The van der Waals surface area contributed by atoms with Gasteiger partial charge in [-0.15, -0.1) is 12.4 Å². The molecular formula is C20H19BrClN3O2. The van der Waals surface area contributed by atoms with Crippen LogP contribution in [-0.2, 0) is 13.1 Å². The van der Waals surface area contributed by atoms with E-state index in [9.17, 15) is 0 Å². The zero-order valence-electron chi connectivity index (χ0n) is 14.7. The van der Waals surface area contributed by atoms with Crippen molar-refractivity contribution in [2.24, 2.45) is 0 Å². The Hall–Kier alpha value is -2.28. The van der Waals surface area contributed by atoms with E-state index in [0.717, 1.165) is 39.3 Å². The minimum atomic E-state index is 0. The number of nitrogens with zero attached hydrogens (tertiary/aromatic N) is 1. The minimum Gasteiger partial charge on any atom is -0.497 e. The van der Waals surface area contributed by atoms with Gasteiger partial charge < -0.3 is 19.6 Å². The summed E-state index contributed by atoms with van der Waals surface area (Å²) < 4.78 is 11.7. The average molecular weight is 449 g/mol. The summed E-state index contributed by atoms with van der Waals surface area (Å²) >= 11 is 3.52. The molecule has 0 saturated heterocycles. The van der Waals surface area contributed by atoms with E-state index in [1.54, 1.807) is 7.11 Å². The van der Waals surface area contributed by atoms with Crippen LogP contribution in [0.25, 0.3) is 22.2 Å². The molecule has 5 nitrogen and oxygen atoms in total. The van der Waals surface area contributed by atoms with Gasteiger partial charge >= 0.3 is 0 Å². The van der Waals surface area contributed by atoms with E-state index < -0.39 is 0 Å². The molecule has 0 aliphatic carbocycles. The number of hydrogen-bond donors (Lipinski definition) is 2. The Labute approximate surface area is 171 Å². The fourth-order valence-electron chi connectivity index (χ4n) is 2.91. The van der Waals surface area contributed by atoms with Gasteiger partial charge in [-0.2, -0.15) is 0 Å². The predicted molar refractivity (Wildman–Crippen MR) is 112 cm³/mol. The third-order valence-corrected chi connectivity index (χ3v) is 4.78. The number of fused-ring (bicyclic) bond motifs is 1. The second kappa shape index (κ2) is 8.61. The summed E-state index contributed by atoms with van der Waals surface area (Å²) in [4.78, 5) is 3.29. The number of rotatable bonds is 6. The van der Waals surface area contributed by atoms with Gasteiger partial charge in [-0.05, 0) is 48.0 Å². The average Bonchev–Trinajstić information content (AvgIpc) is 3.29. The Balaban J connectivity index is 0.00000210. The van der Waals surface area contributed by atoms with E-state index in [-0.39, 0.29) is 12.4 Å². The lowest BCUT2D eigenvalue weighted by molar-refractivity contribution is 0.374. The van der Waals surface area contributed by atoms with E-state index in [1.165, 1.54) is 10.9 Å². The number of halogens is 2. The van der Waals surface area contributed by atoms with Crippen molar-refractivity contribution in [2.75, 3.05) is 7.11 Å². The Morgan fingerprint density at radius 2 is 1.93 bits per heavy atom. The largest absolute Gasteiger partial charge is 0.497 e. The molecule has 0 saturated carbocycles. The SMILES string of the molecule is COc1ccc(-c2cc(CNCc3c[nH]c4ccc(Br)cc34)on2)cc1.Cl. The summed E-state index contributed by atoms with van der Waals surface area (Å²) in [5.41, 5.74) is 4.17. The highest BCUT2D eigenvalue weighted by atomic mass is 79.9. The second-order valence-corrected chi connectivity index (χ2v) is 6.93. The van der Waals surface area contributed by atoms with Crippen LogP contribution >= 0.6 is 28.3 Å². The van der Waals surface area contributed by atoms with Crippen molar-refractivity contribution >= 4 is 39.2 Å². The van der Waals surface area contributed by atoms with Crippen molar-refractivity contribution in [1.29, 1.82) is 0 Å². The summed E-state index contributed by atoms with van der Waals surface area (Å²) in [6.07, 6.45) is 2.03. The Morgan fingerprint density at radius 1 is 1.11 bits per heavy atom. The van der Waals surface area contributed by atoms with E-state index in [2.05, 4.69) is 43.5 Å². The molecule has 0 amide bonds. The molecule has 2 aromatic carbocycles. The summed E-state index contributed by atoms with van der Waals surface area (Å²) in [5, 5.41) is 8.77. The topological polar surface area (TPSA) is 63.1 Å². The highest BCUT2D eigenvalue weighted by Gasteiger charge is 2.08. The molecule has 0 aliphatic rings. The zero-order chi connectivity index (χ0) is 17.9. The van der Waals surface area contributed by atoms with Gasteiger partial charge in [0.15, 0.2) is 5.76 Å². The number of aromatic nitrogens is 2. The summed E-state index contributed by atoms with van der Waals surface area (Å²) in [7, 11) is 1.65. The fourth-order valence-corrected chi connectivity index (χ4v) is 3.27. The van der Waals surface area contributed by atoms with Gasteiger partial charge in [0.05, 0.1) is 13.7 Å². The van der Waals surface area contributed by atoms with E-state index >= 15 is 0 Å². The Bertz CT molecular complexity index is 1030. The quantitative estimate of drug-likeness (QED) is 0.420. The molecule has 140 valence electrons. The minimum absolute atomic E-state index is 0. The molecule has 0 fully saturated rings. The number of methoxy groups -OCH3 is 1. The maximum Gasteiger partial charge on any atom is 0.151 e.